The van der Waals surface area contributed by atoms with Crippen LogP contribution in [0.4, 0.5) is 13.6 Å². The van der Waals surface area contributed by atoms with Gasteiger partial charge in [-0.3, -0.25) is 0 Å². The van der Waals surface area contributed by atoms with Crippen molar-refractivity contribution in [2.24, 2.45) is 5.92 Å². The van der Waals surface area contributed by atoms with Crippen LogP contribution in [0.5, 0.6) is 0 Å². The fraction of sp³-hybridized carbons (Fsp3) is 0.500. The Morgan fingerprint density at radius 3 is 2.41 bits per heavy atom. The number of hydrogen-bond donors (Lipinski definition) is 1. The lowest BCUT2D eigenvalue weighted by molar-refractivity contribution is 0.127. The van der Waals surface area contributed by atoms with E-state index in [0.717, 1.165) is 6.07 Å². The Kier molecular flexibility index (Phi) is 5.00. The predicted octanol–water partition coefficient (Wildman–Crippen LogP) is 2.79. The van der Waals surface area contributed by atoms with Crippen molar-refractivity contribution in [2.45, 2.75) is 24.2 Å². The number of carboxylic acid groups (broad SMARTS) is 1. The Morgan fingerprint density at radius 2 is 1.86 bits per heavy atom. The molecule has 22 heavy (non-hydrogen) atoms. The van der Waals surface area contributed by atoms with E-state index in [0.29, 0.717) is 12.8 Å². The summed E-state index contributed by atoms with van der Waals surface area (Å²) in [5.41, 5.74) is -0.481. The van der Waals surface area contributed by atoms with Crippen LogP contribution in [0.25, 0.3) is 0 Å². The van der Waals surface area contributed by atoms with Gasteiger partial charge in [-0.15, -0.1) is 0 Å². The first-order chi connectivity index (χ1) is 10.3. The Hall–Kier alpha value is -1.70. The highest BCUT2D eigenvalue weighted by Crippen LogP contribution is 2.29. The van der Waals surface area contributed by atoms with Crippen LogP contribution in [-0.2, 0) is 9.84 Å². The molecule has 8 heteroatoms. The van der Waals surface area contributed by atoms with Crippen LogP contribution >= 0.6 is 0 Å². The van der Waals surface area contributed by atoms with Gasteiger partial charge < -0.3 is 10.0 Å². The minimum atomic E-state index is -3.82. The van der Waals surface area contributed by atoms with E-state index in [1.54, 1.807) is 0 Å². The summed E-state index contributed by atoms with van der Waals surface area (Å²) in [5, 5.41) is 8.86. The molecule has 1 saturated heterocycles. The highest BCUT2D eigenvalue weighted by Gasteiger charge is 2.29. The van der Waals surface area contributed by atoms with Crippen LogP contribution in [0.15, 0.2) is 29.2 Å². The van der Waals surface area contributed by atoms with E-state index < -0.39 is 27.9 Å². The molecule has 1 fully saturated rings. The molecule has 5 nitrogen and oxygen atoms in total. The van der Waals surface area contributed by atoms with Crippen molar-refractivity contribution in [1.29, 1.82) is 0 Å². The highest BCUT2D eigenvalue weighted by molar-refractivity contribution is 7.91. The molecule has 2 rings (SSSR count). The fourth-order valence-electron chi connectivity index (χ4n) is 2.64. The maximum absolute atomic E-state index is 12.9. The Labute approximate surface area is 127 Å². The zero-order valence-corrected chi connectivity index (χ0v) is 12.6. The van der Waals surface area contributed by atoms with Gasteiger partial charge in [0.05, 0.1) is 10.6 Å². The van der Waals surface area contributed by atoms with E-state index in [-0.39, 0.29) is 29.7 Å². The number of benzene rings is 1. The van der Waals surface area contributed by atoms with Gasteiger partial charge in [0.15, 0.2) is 9.84 Å². The van der Waals surface area contributed by atoms with E-state index in [2.05, 4.69) is 0 Å². The summed E-state index contributed by atoms with van der Waals surface area (Å²) in [5.74, 6) is -0.448. The van der Waals surface area contributed by atoms with Crippen LogP contribution in [0.3, 0.4) is 0 Å². The van der Waals surface area contributed by atoms with E-state index in [1.165, 1.54) is 23.1 Å². The molecule has 1 N–H and O–H groups in total. The number of piperidine rings is 1. The van der Waals surface area contributed by atoms with Crippen molar-refractivity contribution in [1.82, 2.24) is 4.90 Å². The fourth-order valence-corrected chi connectivity index (χ4v) is 4.57. The van der Waals surface area contributed by atoms with Crippen molar-refractivity contribution in [3.63, 3.8) is 0 Å². The van der Waals surface area contributed by atoms with Crippen LogP contribution in [-0.4, -0.2) is 43.4 Å². The van der Waals surface area contributed by atoms with Crippen LogP contribution in [0.1, 0.15) is 24.8 Å². The SMILES string of the molecule is O=C(O)N1CCC(CS(=O)(=O)c2ccccc2C(F)F)CC1. The number of alkyl halides is 2. The summed E-state index contributed by atoms with van der Waals surface area (Å²) in [7, 11) is -3.82. The Morgan fingerprint density at radius 1 is 1.27 bits per heavy atom. The molecule has 1 aromatic rings. The molecule has 0 atom stereocenters. The second kappa shape index (κ2) is 6.60. The van der Waals surface area contributed by atoms with Gasteiger partial charge in [-0.05, 0) is 24.8 Å². The van der Waals surface area contributed by atoms with Crippen molar-refractivity contribution in [3.05, 3.63) is 29.8 Å². The second-order valence-corrected chi connectivity index (χ2v) is 7.34. The normalized spacial score (nSPS) is 17.0. The minimum Gasteiger partial charge on any atom is -0.465 e. The van der Waals surface area contributed by atoms with Gasteiger partial charge in [0, 0.05) is 18.7 Å². The van der Waals surface area contributed by atoms with Gasteiger partial charge in [-0.25, -0.2) is 22.0 Å². The number of sulfone groups is 1. The molecule has 0 aliphatic carbocycles. The van der Waals surface area contributed by atoms with Crippen molar-refractivity contribution < 1.29 is 27.1 Å². The highest BCUT2D eigenvalue weighted by atomic mass is 32.2. The predicted molar refractivity (Wildman–Crippen MR) is 75.8 cm³/mol. The Bertz CT molecular complexity index is 640. The van der Waals surface area contributed by atoms with Gasteiger partial charge in [0.25, 0.3) is 6.43 Å². The summed E-state index contributed by atoms with van der Waals surface area (Å²) in [6.45, 7) is 0.540. The summed E-state index contributed by atoms with van der Waals surface area (Å²) < 4.78 is 50.6. The molecule has 1 aliphatic heterocycles. The monoisotopic (exact) mass is 333 g/mol. The lowest BCUT2D eigenvalue weighted by Crippen LogP contribution is -2.39. The third-order valence-corrected chi connectivity index (χ3v) is 5.78. The van der Waals surface area contributed by atoms with Gasteiger partial charge in [0.1, 0.15) is 0 Å². The average Bonchev–Trinajstić information content (AvgIpc) is 2.47. The average molecular weight is 333 g/mol. The molecule has 1 aromatic carbocycles. The minimum absolute atomic E-state index is 0.216. The molecular weight excluding hydrogens is 316 g/mol. The van der Waals surface area contributed by atoms with Crippen LogP contribution in [0.2, 0.25) is 0 Å². The van der Waals surface area contributed by atoms with Gasteiger partial charge in [-0.1, -0.05) is 18.2 Å². The van der Waals surface area contributed by atoms with E-state index in [4.69, 9.17) is 5.11 Å². The Balaban J connectivity index is 2.11. The molecule has 0 bridgehead atoms. The molecule has 1 amide bonds. The zero-order chi connectivity index (χ0) is 16.3. The number of likely N-dealkylation sites (tertiary alicyclic amines) is 1. The molecule has 0 unspecified atom stereocenters. The van der Waals surface area contributed by atoms with Gasteiger partial charge in [-0.2, -0.15) is 0 Å². The first-order valence-electron chi connectivity index (χ1n) is 6.89. The summed E-state index contributed by atoms with van der Waals surface area (Å²) in [4.78, 5) is 11.7. The van der Waals surface area contributed by atoms with Crippen molar-refractivity contribution >= 4 is 15.9 Å². The number of hydrogen-bond acceptors (Lipinski definition) is 3. The van der Waals surface area contributed by atoms with E-state index >= 15 is 0 Å². The van der Waals surface area contributed by atoms with E-state index in [1.807, 2.05) is 0 Å². The van der Waals surface area contributed by atoms with Gasteiger partial charge in [0.2, 0.25) is 0 Å². The molecule has 1 heterocycles. The van der Waals surface area contributed by atoms with E-state index in [9.17, 15) is 22.0 Å². The molecule has 122 valence electrons. The number of carbonyl (C=O) groups is 1. The maximum atomic E-state index is 12.9. The molecule has 0 spiro atoms. The number of nitrogens with zero attached hydrogens (tertiary/aromatic N) is 1. The largest absolute Gasteiger partial charge is 0.465 e. The molecule has 0 saturated carbocycles. The molecule has 1 aliphatic rings. The molecule has 0 radical (unpaired) electrons. The maximum Gasteiger partial charge on any atom is 0.407 e. The lowest BCUT2D eigenvalue weighted by Gasteiger charge is -2.29. The van der Waals surface area contributed by atoms with Gasteiger partial charge >= 0.3 is 6.09 Å². The van der Waals surface area contributed by atoms with Crippen molar-refractivity contribution in [2.75, 3.05) is 18.8 Å². The number of amides is 1. The molecular formula is C14H17F2NO4S. The smallest absolute Gasteiger partial charge is 0.407 e. The lowest BCUT2D eigenvalue weighted by atomic mass is 9.99. The quantitative estimate of drug-likeness (QED) is 0.919. The number of halogens is 2. The topological polar surface area (TPSA) is 74.7 Å². The first-order valence-corrected chi connectivity index (χ1v) is 8.54. The summed E-state index contributed by atoms with van der Waals surface area (Å²) in [6, 6.07) is 5.12. The number of rotatable bonds is 4. The first kappa shape index (κ1) is 16.7. The van der Waals surface area contributed by atoms with Crippen LogP contribution in [0, 0.1) is 5.92 Å². The summed E-state index contributed by atoms with van der Waals surface area (Å²) >= 11 is 0. The van der Waals surface area contributed by atoms with Crippen LogP contribution < -0.4 is 0 Å². The molecule has 0 aromatic heterocycles. The second-order valence-electron chi connectivity index (χ2n) is 5.33. The third-order valence-electron chi connectivity index (χ3n) is 3.83. The summed E-state index contributed by atoms with van der Waals surface area (Å²) in [6.07, 6.45) is -3.03. The third kappa shape index (κ3) is 3.73. The van der Waals surface area contributed by atoms with Crippen molar-refractivity contribution in [3.8, 4) is 0 Å². The standard InChI is InChI=1S/C14H17F2NO4S/c15-13(16)11-3-1-2-4-12(11)22(20,21)9-10-5-7-17(8-6-10)14(18)19/h1-4,10,13H,5-9H2,(H,18,19). The zero-order valence-electron chi connectivity index (χ0n) is 11.8.